The zero-order valence-electron chi connectivity index (χ0n) is 16.9. The van der Waals surface area contributed by atoms with Crippen LogP contribution in [0.3, 0.4) is 0 Å². The predicted molar refractivity (Wildman–Crippen MR) is 114 cm³/mol. The van der Waals surface area contributed by atoms with Gasteiger partial charge in [0.15, 0.2) is 0 Å². The van der Waals surface area contributed by atoms with Crippen LogP contribution in [0.25, 0.3) is 22.1 Å². The SMILES string of the molecule is Cc1ccccc1-c1cc(=O)oc2cc(C(C=O)C(=O)N3CC[C@H](C(=O)O)C3)ccc12. The minimum atomic E-state index is -1.09. The van der Waals surface area contributed by atoms with E-state index in [2.05, 4.69) is 0 Å². The van der Waals surface area contributed by atoms with Crippen molar-refractivity contribution in [3.8, 4) is 11.1 Å². The fraction of sp³-hybridized carbons (Fsp3) is 0.250. The molecule has 1 saturated heterocycles. The molecule has 158 valence electrons. The zero-order chi connectivity index (χ0) is 22.1. The number of aldehydes is 1. The molecule has 31 heavy (non-hydrogen) atoms. The number of rotatable bonds is 5. The van der Waals surface area contributed by atoms with E-state index in [0.29, 0.717) is 35.8 Å². The minimum Gasteiger partial charge on any atom is -0.481 e. The van der Waals surface area contributed by atoms with Gasteiger partial charge in [-0.25, -0.2) is 4.79 Å². The quantitative estimate of drug-likeness (QED) is 0.387. The van der Waals surface area contributed by atoms with E-state index in [9.17, 15) is 19.2 Å². The summed E-state index contributed by atoms with van der Waals surface area (Å²) in [5.74, 6) is -3.11. The van der Waals surface area contributed by atoms with E-state index in [1.807, 2.05) is 31.2 Å². The molecule has 2 atom stereocenters. The first-order chi connectivity index (χ1) is 14.9. The lowest BCUT2D eigenvalue weighted by molar-refractivity contribution is -0.141. The van der Waals surface area contributed by atoms with Crippen LogP contribution in [0.1, 0.15) is 23.5 Å². The van der Waals surface area contributed by atoms with Crippen LogP contribution in [0, 0.1) is 12.8 Å². The Balaban J connectivity index is 1.73. The summed E-state index contributed by atoms with van der Waals surface area (Å²) in [6.07, 6.45) is 0.903. The molecule has 0 radical (unpaired) electrons. The van der Waals surface area contributed by atoms with Crippen molar-refractivity contribution in [1.29, 1.82) is 0 Å². The van der Waals surface area contributed by atoms with Crippen molar-refractivity contribution in [1.82, 2.24) is 4.90 Å². The first kappa shape index (κ1) is 20.5. The van der Waals surface area contributed by atoms with Gasteiger partial charge in [-0.1, -0.05) is 36.4 Å². The molecule has 2 aromatic carbocycles. The molecule has 0 saturated carbocycles. The largest absolute Gasteiger partial charge is 0.481 e. The van der Waals surface area contributed by atoms with Gasteiger partial charge in [0.1, 0.15) is 17.8 Å². The van der Waals surface area contributed by atoms with Crippen molar-refractivity contribution in [3.63, 3.8) is 0 Å². The van der Waals surface area contributed by atoms with Gasteiger partial charge in [-0.15, -0.1) is 0 Å². The number of carboxylic acids is 1. The number of aliphatic carboxylic acids is 1. The standard InChI is InChI=1S/C24H21NO6/c1-14-4-2-3-5-17(14)19-11-22(27)31-21-10-15(6-7-18(19)21)20(13-26)23(28)25-9-8-16(12-25)24(29)30/h2-7,10-11,13,16,20H,8-9,12H2,1H3,(H,29,30)/t16-,20?/m0/s1. The summed E-state index contributed by atoms with van der Waals surface area (Å²) >= 11 is 0. The van der Waals surface area contributed by atoms with Gasteiger partial charge in [-0.2, -0.15) is 0 Å². The molecule has 1 unspecified atom stereocenters. The third kappa shape index (κ3) is 3.86. The molecule has 7 heteroatoms. The molecule has 1 fully saturated rings. The van der Waals surface area contributed by atoms with Gasteiger partial charge in [-0.3, -0.25) is 9.59 Å². The first-order valence-corrected chi connectivity index (χ1v) is 9.99. The highest BCUT2D eigenvalue weighted by Gasteiger charge is 2.34. The number of carbonyl (C=O) groups is 3. The van der Waals surface area contributed by atoms with E-state index in [-0.39, 0.29) is 12.1 Å². The van der Waals surface area contributed by atoms with E-state index in [1.54, 1.807) is 18.2 Å². The molecule has 1 aromatic heterocycles. The van der Waals surface area contributed by atoms with Crippen LogP contribution in [0.15, 0.2) is 57.7 Å². The number of aryl methyl sites for hydroxylation is 1. The summed E-state index contributed by atoms with van der Waals surface area (Å²) < 4.78 is 5.38. The molecule has 7 nitrogen and oxygen atoms in total. The Morgan fingerprint density at radius 2 is 1.94 bits per heavy atom. The van der Waals surface area contributed by atoms with Gasteiger partial charge in [0.2, 0.25) is 5.91 Å². The Bertz CT molecular complexity index is 1240. The fourth-order valence-electron chi connectivity index (χ4n) is 4.11. The molecule has 1 N–H and O–H groups in total. The van der Waals surface area contributed by atoms with Crippen molar-refractivity contribution < 1.29 is 23.9 Å². The fourth-order valence-corrected chi connectivity index (χ4v) is 4.11. The summed E-state index contributed by atoms with van der Waals surface area (Å²) in [6.45, 7) is 2.32. The Morgan fingerprint density at radius 3 is 2.61 bits per heavy atom. The van der Waals surface area contributed by atoms with E-state index in [4.69, 9.17) is 9.52 Å². The maximum atomic E-state index is 12.9. The minimum absolute atomic E-state index is 0.0819. The number of fused-ring (bicyclic) bond motifs is 1. The summed E-state index contributed by atoms with van der Waals surface area (Å²) in [7, 11) is 0. The molecule has 1 amide bonds. The maximum Gasteiger partial charge on any atom is 0.336 e. The van der Waals surface area contributed by atoms with Crippen LogP contribution in [0.5, 0.6) is 0 Å². The van der Waals surface area contributed by atoms with Crippen LogP contribution in [0.2, 0.25) is 0 Å². The van der Waals surface area contributed by atoms with Crippen LogP contribution in [-0.4, -0.2) is 41.3 Å². The Hall–Kier alpha value is -3.74. The van der Waals surface area contributed by atoms with Gasteiger partial charge in [-0.05, 0) is 36.1 Å². The van der Waals surface area contributed by atoms with Crippen LogP contribution < -0.4 is 5.63 Å². The molecule has 0 spiro atoms. The second kappa shape index (κ2) is 8.18. The maximum absolute atomic E-state index is 12.9. The number of amides is 1. The smallest absolute Gasteiger partial charge is 0.336 e. The van der Waals surface area contributed by atoms with Crippen LogP contribution in [-0.2, 0) is 14.4 Å². The van der Waals surface area contributed by atoms with Crippen molar-refractivity contribution in [3.05, 3.63) is 70.1 Å². The molecule has 2 heterocycles. The molecular formula is C24H21NO6. The molecule has 0 aliphatic carbocycles. The third-order valence-corrected chi connectivity index (χ3v) is 5.81. The number of carbonyl (C=O) groups excluding carboxylic acids is 2. The van der Waals surface area contributed by atoms with E-state index < -0.39 is 29.3 Å². The Labute approximate surface area is 177 Å². The lowest BCUT2D eigenvalue weighted by atomic mass is 9.94. The monoisotopic (exact) mass is 419 g/mol. The summed E-state index contributed by atoms with van der Waals surface area (Å²) in [6, 6.07) is 14.1. The van der Waals surface area contributed by atoms with Crippen molar-refractivity contribution >= 4 is 29.1 Å². The molecule has 1 aliphatic heterocycles. The zero-order valence-corrected chi connectivity index (χ0v) is 16.9. The topological polar surface area (TPSA) is 105 Å². The van der Waals surface area contributed by atoms with Crippen LogP contribution >= 0.6 is 0 Å². The normalized spacial score (nSPS) is 16.9. The average Bonchev–Trinajstić information content (AvgIpc) is 3.24. The number of hydrogen-bond donors (Lipinski definition) is 1. The highest BCUT2D eigenvalue weighted by atomic mass is 16.4. The summed E-state index contributed by atoms with van der Waals surface area (Å²) in [5, 5.41) is 9.86. The van der Waals surface area contributed by atoms with E-state index >= 15 is 0 Å². The highest BCUT2D eigenvalue weighted by molar-refractivity contribution is 6.00. The van der Waals surface area contributed by atoms with Gasteiger partial charge in [0.05, 0.1) is 5.92 Å². The lowest BCUT2D eigenvalue weighted by Gasteiger charge is -2.20. The van der Waals surface area contributed by atoms with Gasteiger partial charge in [0.25, 0.3) is 0 Å². The predicted octanol–water partition coefficient (Wildman–Crippen LogP) is 2.98. The highest BCUT2D eigenvalue weighted by Crippen LogP contribution is 2.32. The van der Waals surface area contributed by atoms with E-state index in [0.717, 1.165) is 11.1 Å². The Morgan fingerprint density at radius 1 is 1.16 bits per heavy atom. The number of hydrogen-bond acceptors (Lipinski definition) is 5. The summed E-state index contributed by atoms with van der Waals surface area (Å²) in [4.78, 5) is 49.5. The second-order valence-electron chi connectivity index (χ2n) is 7.77. The van der Waals surface area contributed by atoms with Gasteiger partial charge in [0, 0.05) is 30.1 Å². The lowest BCUT2D eigenvalue weighted by Crippen LogP contribution is -2.34. The molecule has 0 bridgehead atoms. The average molecular weight is 419 g/mol. The number of benzene rings is 2. The molecular weight excluding hydrogens is 398 g/mol. The number of nitrogens with zero attached hydrogens (tertiary/aromatic N) is 1. The second-order valence-corrected chi connectivity index (χ2v) is 7.77. The first-order valence-electron chi connectivity index (χ1n) is 9.99. The van der Waals surface area contributed by atoms with Crippen LogP contribution in [0.4, 0.5) is 0 Å². The summed E-state index contributed by atoms with van der Waals surface area (Å²) in [5.41, 5.74) is 2.77. The molecule has 4 rings (SSSR count). The van der Waals surface area contributed by atoms with E-state index in [1.165, 1.54) is 11.0 Å². The Kier molecular flexibility index (Phi) is 5.42. The third-order valence-electron chi connectivity index (χ3n) is 5.81. The van der Waals surface area contributed by atoms with Crippen molar-refractivity contribution in [2.45, 2.75) is 19.3 Å². The van der Waals surface area contributed by atoms with Gasteiger partial charge < -0.3 is 19.2 Å². The van der Waals surface area contributed by atoms with Crippen molar-refractivity contribution in [2.24, 2.45) is 5.92 Å². The number of likely N-dealkylation sites (tertiary alicyclic amines) is 1. The van der Waals surface area contributed by atoms with Gasteiger partial charge >= 0.3 is 11.6 Å². The molecule has 1 aliphatic rings. The van der Waals surface area contributed by atoms with Crippen molar-refractivity contribution in [2.75, 3.05) is 13.1 Å². The number of carboxylic acid groups (broad SMARTS) is 1. The molecule has 3 aromatic rings.